The van der Waals surface area contributed by atoms with E-state index in [9.17, 15) is 0 Å². The predicted molar refractivity (Wildman–Crippen MR) is 48.7 cm³/mol. The van der Waals surface area contributed by atoms with Crippen LogP contribution in [0.3, 0.4) is 0 Å². The van der Waals surface area contributed by atoms with Gasteiger partial charge >= 0.3 is 0 Å². The van der Waals surface area contributed by atoms with Crippen molar-refractivity contribution in [2.75, 3.05) is 6.26 Å². The van der Waals surface area contributed by atoms with E-state index in [1.807, 2.05) is 6.26 Å². The van der Waals surface area contributed by atoms with Gasteiger partial charge in [0, 0.05) is 0 Å². The number of hydrogen-bond donors (Lipinski definition) is 0. The van der Waals surface area contributed by atoms with Crippen molar-refractivity contribution in [1.82, 2.24) is 20.2 Å². The molecule has 0 aliphatic rings. The topological polar surface area (TPSA) is 64.7 Å². The summed E-state index contributed by atoms with van der Waals surface area (Å²) in [6.07, 6.45) is 1.86. The van der Waals surface area contributed by atoms with E-state index in [1.165, 1.54) is 11.8 Å². The van der Waals surface area contributed by atoms with Gasteiger partial charge in [0.05, 0.1) is 5.88 Å². The molecule has 2 aromatic rings. The van der Waals surface area contributed by atoms with E-state index in [0.29, 0.717) is 22.4 Å². The Morgan fingerprint density at radius 2 is 2.23 bits per heavy atom. The molecule has 0 fully saturated rings. The largest absolute Gasteiger partial charge is 0.411 e. The molecule has 0 N–H and O–H groups in total. The van der Waals surface area contributed by atoms with Crippen molar-refractivity contribution >= 4 is 34.7 Å². The van der Waals surface area contributed by atoms with Gasteiger partial charge in [0.25, 0.3) is 10.9 Å². The molecular formula is C6H5ClN4OS. The highest BCUT2D eigenvalue weighted by Crippen LogP contribution is 2.17. The third kappa shape index (κ3) is 1.59. The van der Waals surface area contributed by atoms with E-state index >= 15 is 0 Å². The van der Waals surface area contributed by atoms with Gasteiger partial charge in [0.15, 0.2) is 5.82 Å². The Kier molecular flexibility index (Phi) is 2.32. The Labute approximate surface area is 82.9 Å². The van der Waals surface area contributed by atoms with Crippen LogP contribution in [0.25, 0.3) is 11.4 Å². The number of thioether (sulfide) groups is 1. The van der Waals surface area contributed by atoms with Gasteiger partial charge in [-0.2, -0.15) is 9.97 Å². The second-order valence-electron chi connectivity index (χ2n) is 2.17. The molecule has 0 aliphatic carbocycles. The second-order valence-corrected chi connectivity index (χ2v) is 3.20. The van der Waals surface area contributed by atoms with E-state index in [1.54, 1.807) is 0 Å². The van der Waals surface area contributed by atoms with Gasteiger partial charge in [-0.25, -0.2) is 0 Å². The molecule has 13 heavy (non-hydrogen) atoms. The molecule has 2 heterocycles. The maximum Gasteiger partial charge on any atom is 0.271 e. The summed E-state index contributed by atoms with van der Waals surface area (Å²) in [7, 11) is 0. The first kappa shape index (κ1) is 8.71. The quantitative estimate of drug-likeness (QED) is 0.560. The van der Waals surface area contributed by atoms with Crippen molar-refractivity contribution < 1.29 is 4.42 Å². The van der Waals surface area contributed by atoms with E-state index in [-0.39, 0.29) is 5.88 Å². The third-order valence-corrected chi connectivity index (χ3v) is 2.12. The lowest BCUT2D eigenvalue weighted by atomic mass is 10.7. The molecule has 7 heteroatoms. The first-order valence-corrected chi connectivity index (χ1v) is 5.19. The smallest absolute Gasteiger partial charge is 0.271 e. The zero-order valence-corrected chi connectivity index (χ0v) is 8.26. The van der Waals surface area contributed by atoms with E-state index < -0.39 is 0 Å². The molecule has 5 nitrogen and oxygen atoms in total. The highest BCUT2D eigenvalue weighted by atomic mass is 35.5. The molecule has 0 atom stereocenters. The lowest BCUT2D eigenvalue weighted by Gasteiger charge is -1.88. The maximum absolute atomic E-state index is 5.54. The Balaban J connectivity index is 2.57. The minimum atomic E-state index is 0.220. The van der Waals surface area contributed by atoms with Crippen LogP contribution >= 0.6 is 23.4 Å². The average molecular weight is 217 g/mol. The number of halogens is 1. The zero-order chi connectivity index (χ0) is 9.26. The highest BCUT2D eigenvalue weighted by Gasteiger charge is 2.08. The molecule has 2 rings (SSSR count). The molecule has 0 saturated carbocycles. The van der Waals surface area contributed by atoms with Crippen LogP contribution in [0.5, 0.6) is 0 Å². The van der Waals surface area contributed by atoms with Crippen LogP contribution in [-0.2, 0) is 5.88 Å². The Bertz CT molecular complexity index is 429. The molecular weight excluding hydrogens is 212 g/mol. The Hall–Kier alpha value is -0.880. The van der Waals surface area contributed by atoms with Crippen LogP contribution in [0.15, 0.2) is 9.64 Å². The normalized spacial score (nSPS) is 10.9. The fourth-order valence-corrected chi connectivity index (χ4v) is 1.27. The maximum atomic E-state index is 5.54. The molecule has 0 unspecified atom stereocenters. The summed E-state index contributed by atoms with van der Waals surface area (Å²) in [6.45, 7) is 0. The highest BCUT2D eigenvalue weighted by molar-refractivity contribution is 7.98. The van der Waals surface area contributed by atoms with Gasteiger partial charge in [-0.05, 0) is 6.26 Å². The SMILES string of the molecule is CSc1nc2nnc(CCl)nc2o1. The summed E-state index contributed by atoms with van der Waals surface area (Å²) in [5.41, 5.74) is 0.799. The van der Waals surface area contributed by atoms with Crippen molar-refractivity contribution in [2.24, 2.45) is 0 Å². The molecule has 0 aliphatic heterocycles. The molecule has 0 bridgehead atoms. The van der Waals surface area contributed by atoms with E-state index in [4.69, 9.17) is 16.0 Å². The van der Waals surface area contributed by atoms with Gasteiger partial charge in [0.2, 0.25) is 5.65 Å². The Morgan fingerprint density at radius 1 is 1.38 bits per heavy atom. The van der Waals surface area contributed by atoms with Crippen LogP contribution in [0, 0.1) is 0 Å². The van der Waals surface area contributed by atoms with Crippen molar-refractivity contribution in [1.29, 1.82) is 0 Å². The number of rotatable bonds is 2. The van der Waals surface area contributed by atoms with Gasteiger partial charge < -0.3 is 4.42 Å². The van der Waals surface area contributed by atoms with Crippen LogP contribution in [-0.4, -0.2) is 26.4 Å². The summed E-state index contributed by atoms with van der Waals surface area (Å²) in [5.74, 6) is 0.663. The minimum absolute atomic E-state index is 0.220. The van der Waals surface area contributed by atoms with Gasteiger partial charge in [-0.3, -0.25) is 0 Å². The van der Waals surface area contributed by atoms with Gasteiger partial charge in [-0.1, -0.05) is 11.8 Å². The number of hydrogen-bond acceptors (Lipinski definition) is 6. The number of alkyl halides is 1. The summed E-state index contributed by atoms with van der Waals surface area (Å²) in [5, 5.41) is 8.08. The van der Waals surface area contributed by atoms with Crippen LogP contribution in [0.2, 0.25) is 0 Å². The monoisotopic (exact) mass is 216 g/mol. The van der Waals surface area contributed by atoms with Crippen molar-refractivity contribution in [3.8, 4) is 0 Å². The molecule has 2 aromatic heterocycles. The number of fused-ring (bicyclic) bond motifs is 1. The molecule has 0 spiro atoms. The fourth-order valence-electron chi connectivity index (χ4n) is 0.812. The van der Waals surface area contributed by atoms with E-state index in [2.05, 4.69) is 20.2 Å². The lowest BCUT2D eigenvalue weighted by molar-refractivity contribution is 0.481. The molecule has 0 amide bonds. The summed E-state index contributed by atoms with van der Waals surface area (Å²) < 4.78 is 5.24. The molecule has 0 aromatic carbocycles. The molecule has 0 saturated heterocycles. The summed E-state index contributed by atoms with van der Waals surface area (Å²) in [6, 6.07) is 0. The fraction of sp³-hybridized carbons (Fsp3) is 0.333. The first-order valence-electron chi connectivity index (χ1n) is 3.43. The van der Waals surface area contributed by atoms with E-state index in [0.717, 1.165) is 0 Å². The molecule has 0 radical (unpaired) electrons. The summed E-state index contributed by atoms with van der Waals surface area (Å²) in [4.78, 5) is 8.04. The lowest BCUT2D eigenvalue weighted by Crippen LogP contribution is -1.93. The standard InChI is InChI=1S/C6H5ClN4OS/c1-13-6-9-4-5(12-6)8-3(2-7)10-11-4/h2H2,1H3. The zero-order valence-electron chi connectivity index (χ0n) is 6.69. The van der Waals surface area contributed by atoms with Crippen molar-refractivity contribution in [3.63, 3.8) is 0 Å². The first-order chi connectivity index (χ1) is 6.33. The third-order valence-electron chi connectivity index (χ3n) is 1.36. The predicted octanol–water partition coefficient (Wildman–Crippen LogP) is 1.47. The van der Waals surface area contributed by atoms with Gasteiger partial charge in [-0.15, -0.1) is 21.8 Å². The average Bonchev–Trinajstić information content (AvgIpc) is 2.58. The number of nitrogens with zero attached hydrogens (tertiary/aromatic N) is 4. The van der Waals surface area contributed by atoms with Crippen LogP contribution < -0.4 is 0 Å². The Morgan fingerprint density at radius 3 is 2.92 bits per heavy atom. The minimum Gasteiger partial charge on any atom is -0.411 e. The van der Waals surface area contributed by atoms with Gasteiger partial charge in [0.1, 0.15) is 0 Å². The van der Waals surface area contributed by atoms with Crippen LogP contribution in [0.1, 0.15) is 5.82 Å². The van der Waals surface area contributed by atoms with Crippen LogP contribution in [0.4, 0.5) is 0 Å². The molecule has 68 valence electrons. The van der Waals surface area contributed by atoms with Crippen molar-refractivity contribution in [2.45, 2.75) is 11.1 Å². The number of oxazole rings is 1. The van der Waals surface area contributed by atoms with Crippen molar-refractivity contribution in [3.05, 3.63) is 5.82 Å². The number of aromatic nitrogens is 4. The summed E-state index contributed by atoms with van der Waals surface area (Å²) >= 11 is 6.93. The second kappa shape index (κ2) is 3.47.